The van der Waals surface area contributed by atoms with Gasteiger partial charge in [-0.2, -0.15) is 0 Å². The maximum absolute atomic E-state index is 11.8. The molecule has 1 aliphatic heterocycles. The molecular formula is C25H21NO2S2. The Morgan fingerprint density at radius 1 is 0.867 bits per heavy atom. The molecule has 0 aromatic heterocycles. The Bertz CT molecular complexity index is 1080. The first-order valence-corrected chi connectivity index (χ1v) is 11.0. The topological polar surface area (TPSA) is 38.3 Å². The van der Waals surface area contributed by atoms with Crippen molar-refractivity contribution in [1.29, 1.82) is 0 Å². The van der Waals surface area contributed by atoms with Crippen molar-refractivity contribution >= 4 is 40.3 Å². The van der Waals surface area contributed by atoms with E-state index < -0.39 is 0 Å². The third-order valence-electron chi connectivity index (χ3n) is 4.81. The minimum atomic E-state index is -0.135. The van der Waals surface area contributed by atoms with Gasteiger partial charge in [0.2, 0.25) is 0 Å². The van der Waals surface area contributed by atoms with Gasteiger partial charge in [0.1, 0.15) is 16.7 Å². The minimum Gasteiger partial charge on any atom is -0.489 e. The highest BCUT2D eigenvalue weighted by atomic mass is 32.2. The predicted molar refractivity (Wildman–Crippen MR) is 127 cm³/mol. The fourth-order valence-electron chi connectivity index (χ4n) is 3.22. The fraction of sp³-hybridized carbons (Fsp3) is 0.120. The molecule has 1 amide bonds. The molecule has 0 bridgehead atoms. The number of hydrogen-bond donors (Lipinski definition) is 1. The van der Waals surface area contributed by atoms with Gasteiger partial charge >= 0.3 is 0 Å². The van der Waals surface area contributed by atoms with Crippen LogP contribution in [0.25, 0.3) is 6.08 Å². The Hall–Kier alpha value is -2.89. The Labute approximate surface area is 186 Å². The van der Waals surface area contributed by atoms with Gasteiger partial charge in [-0.1, -0.05) is 96.8 Å². The third-order valence-corrected chi connectivity index (χ3v) is 5.97. The molecule has 0 unspecified atom stereocenters. The second kappa shape index (κ2) is 9.74. The van der Waals surface area contributed by atoms with Gasteiger partial charge in [-0.3, -0.25) is 4.79 Å². The molecule has 1 saturated heterocycles. The van der Waals surface area contributed by atoms with Crippen molar-refractivity contribution in [3.05, 3.63) is 106 Å². The van der Waals surface area contributed by atoms with Crippen LogP contribution < -0.4 is 10.1 Å². The number of carbonyl (C=O) groups excluding carboxylic acids is 1. The number of para-hydroxylation sites is 1. The van der Waals surface area contributed by atoms with Gasteiger partial charge in [-0.25, -0.2) is 0 Å². The van der Waals surface area contributed by atoms with E-state index in [1.54, 1.807) is 0 Å². The van der Waals surface area contributed by atoms with Gasteiger partial charge < -0.3 is 10.1 Å². The molecule has 4 rings (SSSR count). The van der Waals surface area contributed by atoms with Crippen LogP contribution in [-0.2, 0) is 24.2 Å². The lowest BCUT2D eigenvalue weighted by molar-refractivity contribution is -0.115. The van der Waals surface area contributed by atoms with E-state index in [-0.39, 0.29) is 5.91 Å². The van der Waals surface area contributed by atoms with Crippen LogP contribution in [0.15, 0.2) is 83.8 Å². The van der Waals surface area contributed by atoms with Crippen LogP contribution in [0.4, 0.5) is 0 Å². The molecule has 5 heteroatoms. The normalized spacial score (nSPS) is 14.7. The molecule has 150 valence electrons. The number of aryl methyl sites for hydroxylation is 2. The third kappa shape index (κ3) is 5.38. The maximum Gasteiger partial charge on any atom is 0.263 e. The molecule has 1 aliphatic rings. The molecule has 1 fully saturated rings. The number of amides is 1. The number of rotatable bonds is 7. The van der Waals surface area contributed by atoms with E-state index in [2.05, 4.69) is 41.7 Å². The van der Waals surface area contributed by atoms with Gasteiger partial charge in [0.05, 0.1) is 4.91 Å². The summed E-state index contributed by atoms with van der Waals surface area (Å²) in [7, 11) is 0. The average Bonchev–Trinajstić information content (AvgIpc) is 3.09. The molecule has 3 nitrogen and oxygen atoms in total. The summed E-state index contributed by atoms with van der Waals surface area (Å²) in [5.41, 5.74) is 4.58. The SMILES string of the molecule is O=C1NC(=S)SC1=Cc1ccc(COc2ccccc2CCc2ccccc2)cc1. The first kappa shape index (κ1) is 20.4. The van der Waals surface area contributed by atoms with Crippen LogP contribution in [-0.4, -0.2) is 10.2 Å². The standard InChI is InChI=1S/C25H21NO2S2/c27-24-23(30-25(29)26-24)16-19-10-12-20(13-11-19)17-28-22-9-5-4-8-21(22)15-14-18-6-2-1-3-7-18/h1-13,16H,14-15,17H2,(H,26,27,29). The molecular weight excluding hydrogens is 410 g/mol. The summed E-state index contributed by atoms with van der Waals surface area (Å²) in [4.78, 5) is 12.4. The van der Waals surface area contributed by atoms with E-state index in [1.807, 2.05) is 48.5 Å². The first-order valence-electron chi connectivity index (χ1n) is 9.76. The summed E-state index contributed by atoms with van der Waals surface area (Å²) in [6, 6.07) is 26.7. The number of carbonyl (C=O) groups is 1. The van der Waals surface area contributed by atoms with E-state index in [0.29, 0.717) is 15.8 Å². The quantitative estimate of drug-likeness (QED) is 0.394. The highest BCUT2D eigenvalue weighted by Gasteiger charge is 2.21. The van der Waals surface area contributed by atoms with Crippen molar-refractivity contribution in [2.75, 3.05) is 0 Å². The largest absolute Gasteiger partial charge is 0.489 e. The van der Waals surface area contributed by atoms with Gasteiger partial charge in [-0.05, 0) is 47.2 Å². The van der Waals surface area contributed by atoms with Crippen molar-refractivity contribution in [2.45, 2.75) is 19.4 Å². The van der Waals surface area contributed by atoms with Crippen LogP contribution in [0.1, 0.15) is 22.3 Å². The summed E-state index contributed by atoms with van der Waals surface area (Å²) in [6.45, 7) is 0.499. The lowest BCUT2D eigenvalue weighted by Gasteiger charge is -2.12. The first-order chi connectivity index (χ1) is 14.7. The molecule has 1 heterocycles. The molecule has 0 saturated carbocycles. The van der Waals surface area contributed by atoms with Crippen molar-refractivity contribution in [1.82, 2.24) is 5.32 Å². The van der Waals surface area contributed by atoms with Crippen LogP contribution in [0.2, 0.25) is 0 Å². The summed E-state index contributed by atoms with van der Waals surface area (Å²) in [5.74, 6) is 0.789. The summed E-state index contributed by atoms with van der Waals surface area (Å²) < 4.78 is 6.62. The van der Waals surface area contributed by atoms with E-state index in [0.717, 1.165) is 29.7 Å². The Morgan fingerprint density at radius 3 is 2.33 bits per heavy atom. The van der Waals surface area contributed by atoms with Crippen LogP contribution in [0.3, 0.4) is 0 Å². The van der Waals surface area contributed by atoms with Crippen molar-refractivity contribution in [3.63, 3.8) is 0 Å². The van der Waals surface area contributed by atoms with E-state index in [9.17, 15) is 4.79 Å². The van der Waals surface area contributed by atoms with Crippen molar-refractivity contribution in [3.8, 4) is 5.75 Å². The van der Waals surface area contributed by atoms with E-state index >= 15 is 0 Å². The van der Waals surface area contributed by atoms with Crippen LogP contribution >= 0.6 is 24.0 Å². The molecule has 0 spiro atoms. The number of ether oxygens (including phenoxy) is 1. The van der Waals surface area contributed by atoms with Gasteiger partial charge in [0.15, 0.2) is 0 Å². The molecule has 0 aliphatic carbocycles. The zero-order valence-electron chi connectivity index (χ0n) is 16.3. The zero-order chi connectivity index (χ0) is 20.8. The number of nitrogens with one attached hydrogen (secondary N) is 1. The zero-order valence-corrected chi connectivity index (χ0v) is 18.0. The second-order valence-electron chi connectivity index (χ2n) is 6.98. The summed E-state index contributed by atoms with van der Waals surface area (Å²) >= 11 is 6.31. The van der Waals surface area contributed by atoms with Gasteiger partial charge in [0, 0.05) is 0 Å². The number of thioether (sulfide) groups is 1. The van der Waals surface area contributed by atoms with Crippen molar-refractivity contribution < 1.29 is 9.53 Å². The Morgan fingerprint density at radius 2 is 1.60 bits per heavy atom. The molecule has 3 aromatic rings. The predicted octanol–water partition coefficient (Wildman–Crippen LogP) is 5.54. The van der Waals surface area contributed by atoms with E-state index in [1.165, 1.54) is 22.9 Å². The monoisotopic (exact) mass is 431 g/mol. The summed E-state index contributed by atoms with van der Waals surface area (Å²) in [6.07, 6.45) is 3.77. The van der Waals surface area contributed by atoms with Crippen LogP contribution in [0, 0.1) is 0 Å². The lowest BCUT2D eigenvalue weighted by Crippen LogP contribution is -2.17. The van der Waals surface area contributed by atoms with E-state index in [4.69, 9.17) is 17.0 Å². The minimum absolute atomic E-state index is 0.135. The number of benzene rings is 3. The highest BCUT2D eigenvalue weighted by molar-refractivity contribution is 8.26. The molecule has 3 aromatic carbocycles. The molecule has 0 atom stereocenters. The maximum atomic E-state index is 11.8. The highest BCUT2D eigenvalue weighted by Crippen LogP contribution is 2.26. The smallest absolute Gasteiger partial charge is 0.263 e. The average molecular weight is 432 g/mol. The molecule has 30 heavy (non-hydrogen) atoms. The lowest BCUT2D eigenvalue weighted by atomic mass is 10.0. The molecule has 0 radical (unpaired) electrons. The Balaban J connectivity index is 1.37. The summed E-state index contributed by atoms with van der Waals surface area (Å²) in [5, 5.41) is 2.63. The second-order valence-corrected chi connectivity index (χ2v) is 8.69. The molecule has 1 N–H and O–H groups in total. The van der Waals surface area contributed by atoms with Crippen molar-refractivity contribution in [2.24, 2.45) is 0 Å². The van der Waals surface area contributed by atoms with Gasteiger partial charge in [-0.15, -0.1) is 0 Å². The number of hydrogen-bond acceptors (Lipinski definition) is 4. The fourth-order valence-corrected chi connectivity index (χ4v) is 4.26. The number of thiocarbonyl (C=S) groups is 1. The Kier molecular flexibility index (Phi) is 6.62. The van der Waals surface area contributed by atoms with Crippen LogP contribution in [0.5, 0.6) is 5.75 Å². The van der Waals surface area contributed by atoms with Gasteiger partial charge in [0.25, 0.3) is 5.91 Å².